The topological polar surface area (TPSA) is 29.9 Å². The molecule has 4 heteroatoms. The molecular formula is C14H19N3S. The van der Waals surface area contributed by atoms with Crippen molar-refractivity contribution < 1.29 is 0 Å². The second kappa shape index (κ2) is 4.86. The standard InChI is InChI=1S/C14H19N3S/c1-3-15-14(10-4-5-10)13-7-6-12(18-13)11-8-9-17(2)16-11/h6-10,14-15H,3-5H2,1-2H3. The molecule has 0 aromatic carbocycles. The number of nitrogens with one attached hydrogen (secondary N) is 1. The van der Waals surface area contributed by atoms with E-state index in [1.165, 1.54) is 22.6 Å². The van der Waals surface area contributed by atoms with Crippen LogP contribution >= 0.6 is 11.3 Å². The first-order chi connectivity index (χ1) is 8.78. The molecule has 3 rings (SSSR count). The predicted octanol–water partition coefficient (Wildman–Crippen LogP) is 3.21. The fourth-order valence-electron chi connectivity index (χ4n) is 2.35. The fourth-order valence-corrected chi connectivity index (χ4v) is 3.50. The summed E-state index contributed by atoms with van der Waals surface area (Å²) in [5.74, 6) is 0.847. The molecule has 1 N–H and O–H groups in total. The average Bonchev–Trinajstić information content (AvgIpc) is 2.91. The van der Waals surface area contributed by atoms with E-state index in [4.69, 9.17) is 0 Å². The van der Waals surface area contributed by atoms with Crippen LogP contribution in [0.3, 0.4) is 0 Å². The normalized spacial score (nSPS) is 17.0. The summed E-state index contributed by atoms with van der Waals surface area (Å²) in [5.41, 5.74) is 1.08. The molecule has 0 amide bonds. The van der Waals surface area contributed by atoms with Gasteiger partial charge in [0.1, 0.15) is 5.69 Å². The molecule has 0 spiro atoms. The molecule has 1 aliphatic rings. The van der Waals surface area contributed by atoms with Gasteiger partial charge in [0.15, 0.2) is 0 Å². The lowest BCUT2D eigenvalue weighted by atomic mass is 10.1. The van der Waals surface area contributed by atoms with Gasteiger partial charge < -0.3 is 5.32 Å². The maximum Gasteiger partial charge on any atom is 0.102 e. The SMILES string of the molecule is CCNC(c1ccc(-c2ccn(C)n2)s1)C1CC1. The Balaban J connectivity index is 1.83. The maximum atomic E-state index is 4.47. The highest BCUT2D eigenvalue weighted by Crippen LogP contribution is 2.43. The highest BCUT2D eigenvalue weighted by Gasteiger charge is 2.32. The lowest BCUT2D eigenvalue weighted by Crippen LogP contribution is -2.21. The van der Waals surface area contributed by atoms with Crippen LogP contribution in [-0.4, -0.2) is 16.3 Å². The van der Waals surface area contributed by atoms with Crippen molar-refractivity contribution in [1.82, 2.24) is 15.1 Å². The number of aryl methyl sites for hydroxylation is 1. The average molecular weight is 261 g/mol. The number of thiophene rings is 1. The van der Waals surface area contributed by atoms with Crippen LogP contribution in [-0.2, 0) is 7.05 Å². The van der Waals surface area contributed by atoms with E-state index in [0.717, 1.165) is 18.2 Å². The summed E-state index contributed by atoms with van der Waals surface area (Å²) in [6.07, 6.45) is 4.74. The maximum absolute atomic E-state index is 4.47. The number of hydrogen-bond donors (Lipinski definition) is 1. The summed E-state index contributed by atoms with van der Waals surface area (Å²) in [4.78, 5) is 2.73. The van der Waals surface area contributed by atoms with Crippen molar-refractivity contribution >= 4 is 11.3 Å². The lowest BCUT2D eigenvalue weighted by molar-refractivity contribution is 0.504. The van der Waals surface area contributed by atoms with Crippen molar-refractivity contribution in [2.24, 2.45) is 13.0 Å². The van der Waals surface area contributed by atoms with E-state index < -0.39 is 0 Å². The molecule has 1 aliphatic carbocycles. The third-order valence-electron chi connectivity index (χ3n) is 3.42. The largest absolute Gasteiger partial charge is 0.309 e. The second-order valence-corrected chi connectivity index (χ2v) is 6.06. The van der Waals surface area contributed by atoms with Crippen LogP contribution in [0.4, 0.5) is 0 Å². The number of nitrogens with zero attached hydrogens (tertiary/aromatic N) is 2. The zero-order valence-electron chi connectivity index (χ0n) is 10.9. The van der Waals surface area contributed by atoms with Crippen molar-refractivity contribution in [2.45, 2.75) is 25.8 Å². The quantitative estimate of drug-likeness (QED) is 0.895. The van der Waals surface area contributed by atoms with Crippen LogP contribution in [0, 0.1) is 5.92 Å². The number of aromatic nitrogens is 2. The smallest absolute Gasteiger partial charge is 0.102 e. The van der Waals surface area contributed by atoms with Gasteiger partial charge in [0.05, 0.1) is 4.88 Å². The molecule has 0 radical (unpaired) electrons. The van der Waals surface area contributed by atoms with E-state index in [2.05, 4.69) is 35.5 Å². The Bertz CT molecular complexity index is 525. The highest BCUT2D eigenvalue weighted by atomic mass is 32.1. The van der Waals surface area contributed by atoms with E-state index in [-0.39, 0.29) is 0 Å². The Labute approximate surface area is 112 Å². The van der Waals surface area contributed by atoms with Gasteiger partial charge in [-0.2, -0.15) is 5.10 Å². The molecule has 1 saturated carbocycles. The Morgan fingerprint density at radius 2 is 2.28 bits per heavy atom. The Kier molecular flexibility index (Phi) is 3.22. The molecule has 0 bridgehead atoms. The lowest BCUT2D eigenvalue weighted by Gasteiger charge is -2.14. The van der Waals surface area contributed by atoms with Crippen molar-refractivity contribution in [2.75, 3.05) is 6.54 Å². The molecule has 3 nitrogen and oxygen atoms in total. The van der Waals surface area contributed by atoms with Gasteiger partial charge in [-0.3, -0.25) is 4.68 Å². The van der Waals surface area contributed by atoms with Gasteiger partial charge in [-0.1, -0.05) is 6.92 Å². The molecule has 0 saturated heterocycles. The zero-order valence-corrected chi connectivity index (χ0v) is 11.7. The van der Waals surface area contributed by atoms with Crippen molar-refractivity contribution in [3.63, 3.8) is 0 Å². The van der Waals surface area contributed by atoms with Gasteiger partial charge >= 0.3 is 0 Å². The summed E-state index contributed by atoms with van der Waals surface area (Å²) in [6, 6.07) is 7.10. The van der Waals surface area contributed by atoms with E-state index in [0.29, 0.717) is 6.04 Å². The molecular weight excluding hydrogens is 242 g/mol. The van der Waals surface area contributed by atoms with E-state index in [9.17, 15) is 0 Å². The fraction of sp³-hybridized carbons (Fsp3) is 0.500. The summed E-state index contributed by atoms with van der Waals surface area (Å²) in [7, 11) is 1.96. The first kappa shape index (κ1) is 11.9. The van der Waals surface area contributed by atoms with Crippen LogP contribution in [0.25, 0.3) is 10.6 Å². The Hall–Kier alpha value is -1.13. The number of rotatable bonds is 5. The van der Waals surface area contributed by atoms with Crippen LogP contribution in [0.1, 0.15) is 30.7 Å². The molecule has 18 heavy (non-hydrogen) atoms. The third kappa shape index (κ3) is 2.35. The molecule has 1 fully saturated rings. The molecule has 0 aliphatic heterocycles. The molecule has 1 unspecified atom stereocenters. The summed E-state index contributed by atoms with van der Waals surface area (Å²) in [6.45, 7) is 3.22. The molecule has 2 heterocycles. The third-order valence-corrected chi connectivity index (χ3v) is 4.61. The minimum atomic E-state index is 0.553. The molecule has 96 valence electrons. The first-order valence-electron chi connectivity index (χ1n) is 6.61. The second-order valence-electron chi connectivity index (χ2n) is 4.95. The molecule has 2 aromatic rings. The van der Waals surface area contributed by atoms with Crippen molar-refractivity contribution in [3.05, 3.63) is 29.3 Å². The Morgan fingerprint density at radius 1 is 1.44 bits per heavy atom. The highest BCUT2D eigenvalue weighted by molar-refractivity contribution is 7.15. The molecule has 1 atom stereocenters. The minimum absolute atomic E-state index is 0.553. The van der Waals surface area contributed by atoms with Gasteiger partial charge in [-0.15, -0.1) is 11.3 Å². The van der Waals surface area contributed by atoms with Gasteiger partial charge in [-0.05, 0) is 43.5 Å². The van der Waals surface area contributed by atoms with Crippen LogP contribution in [0.2, 0.25) is 0 Å². The zero-order chi connectivity index (χ0) is 12.5. The van der Waals surface area contributed by atoms with Crippen molar-refractivity contribution in [1.29, 1.82) is 0 Å². The Morgan fingerprint density at radius 3 is 2.89 bits per heavy atom. The summed E-state index contributed by atoms with van der Waals surface area (Å²) >= 11 is 1.88. The summed E-state index contributed by atoms with van der Waals surface area (Å²) in [5, 5.41) is 8.08. The first-order valence-corrected chi connectivity index (χ1v) is 7.42. The number of hydrogen-bond acceptors (Lipinski definition) is 3. The van der Waals surface area contributed by atoms with Crippen LogP contribution < -0.4 is 5.32 Å². The van der Waals surface area contributed by atoms with Crippen LogP contribution in [0.5, 0.6) is 0 Å². The monoisotopic (exact) mass is 261 g/mol. The van der Waals surface area contributed by atoms with Crippen LogP contribution in [0.15, 0.2) is 24.4 Å². The van der Waals surface area contributed by atoms with Crippen molar-refractivity contribution in [3.8, 4) is 10.6 Å². The van der Waals surface area contributed by atoms with Gasteiger partial charge in [0.25, 0.3) is 0 Å². The summed E-state index contributed by atoms with van der Waals surface area (Å²) < 4.78 is 1.86. The van der Waals surface area contributed by atoms with Gasteiger partial charge in [-0.25, -0.2) is 0 Å². The van der Waals surface area contributed by atoms with Gasteiger partial charge in [0, 0.05) is 24.2 Å². The van der Waals surface area contributed by atoms with E-state index >= 15 is 0 Å². The predicted molar refractivity (Wildman–Crippen MR) is 75.7 cm³/mol. The van der Waals surface area contributed by atoms with E-state index in [1.54, 1.807) is 0 Å². The van der Waals surface area contributed by atoms with Gasteiger partial charge in [0.2, 0.25) is 0 Å². The minimum Gasteiger partial charge on any atom is -0.309 e. The van der Waals surface area contributed by atoms with E-state index in [1.807, 2.05) is 29.3 Å². The molecule has 2 aromatic heterocycles.